The number of nitrogens with one attached hydrogen (secondary N) is 2. The highest BCUT2D eigenvalue weighted by Gasteiger charge is 2.35. The van der Waals surface area contributed by atoms with Gasteiger partial charge in [0.15, 0.2) is 11.5 Å². The Hall–Kier alpha value is -3.51. The molecule has 1 fully saturated rings. The number of aryl methyl sites for hydroxylation is 2. The van der Waals surface area contributed by atoms with Crippen molar-refractivity contribution in [3.63, 3.8) is 0 Å². The van der Waals surface area contributed by atoms with E-state index < -0.39 is 0 Å². The fourth-order valence-electron chi connectivity index (χ4n) is 5.69. The van der Waals surface area contributed by atoms with Crippen LogP contribution in [0.4, 0.5) is 11.4 Å². The summed E-state index contributed by atoms with van der Waals surface area (Å²) in [5, 5.41) is 6.73. The number of ether oxygens (including phenoxy) is 2. The van der Waals surface area contributed by atoms with Crippen molar-refractivity contribution in [1.29, 1.82) is 0 Å². The predicted molar refractivity (Wildman–Crippen MR) is 153 cm³/mol. The van der Waals surface area contributed by atoms with Gasteiger partial charge in [0.2, 0.25) is 12.7 Å². The van der Waals surface area contributed by atoms with Crippen LogP contribution in [0.25, 0.3) is 0 Å². The number of hydrogen-bond acceptors (Lipinski definition) is 5. The molecule has 0 bridgehead atoms. The average Bonchev–Trinajstić information content (AvgIpc) is 3.59. The number of hydrogen-bond donors (Lipinski definition) is 2. The summed E-state index contributed by atoms with van der Waals surface area (Å²) < 4.78 is 11.2. The van der Waals surface area contributed by atoms with Crippen LogP contribution in [0.3, 0.4) is 0 Å². The van der Waals surface area contributed by atoms with E-state index in [1.165, 1.54) is 22.3 Å². The molecule has 200 valence electrons. The fourth-order valence-corrected chi connectivity index (χ4v) is 5.69. The van der Waals surface area contributed by atoms with E-state index in [2.05, 4.69) is 90.9 Å². The number of nitrogens with zero attached hydrogens (tertiary/aromatic N) is 1. The summed E-state index contributed by atoms with van der Waals surface area (Å²) in [6.07, 6.45) is 3.81. The zero-order valence-electron chi connectivity index (χ0n) is 22.8. The summed E-state index contributed by atoms with van der Waals surface area (Å²) in [6, 6.07) is 21.4. The molecular formula is C32H39N3O3. The molecular weight excluding hydrogens is 474 g/mol. The van der Waals surface area contributed by atoms with Gasteiger partial charge in [-0.3, -0.25) is 9.69 Å². The van der Waals surface area contributed by atoms with Crippen LogP contribution < -0.4 is 20.1 Å². The first-order valence-electron chi connectivity index (χ1n) is 14.0. The minimum atomic E-state index is 0.0400. The lowest BCUT2D eigenvalue weighted by Gasteiger charge is -2.25. The maximum absolute atomic E-state index is 13.5. The Labute approximate surface area is 226 Å². The van der Waals surface area contributed by atoms with E-state index in [9.17, 15) is 4.79 Å². The van der Waals surface area contributed by atoms with Gasteiger partial charge in [-0.2, -0.15) is 0 Å². The van der Waals surface area contributed by atoms with Gasteiger partial charge in [-0.05, 0) is 78.1 Å². The number of likely N-dealkylation sites (tertiary alicyclic amines) is 1. The summed E-state index contributed by atoms with van der Waals surface area (Å²) in [5.41, 5.74) is 6.96. The minimum absolute atomic E-state index is 0.0400. The third-order valence-electron chi connectivity index (χ3n) is 7.76. The van der Waals surface area contributed by atoms with Gasteiger partial charge in [0.1, 0.15) is 0 Å². The second kappa shape index (κ2) is 11.9. The van der Waals surface area contributed by atoms with Crippen LogP contribution in [0.15, 0.2) is 60.7 Å². The van der Waals surface area contributed by atoms with Crippen molar-refractivity contribution in [3.05, 3.63) is 82.9 Å². The molecule has 1 amide bonds. The molecule has 3 aromatic rings. The third-order valence-corrected chi connectivity index (χ3v) is 7.76. The van der Waals surface area contributed by atoms with Crippen molar-refractivity contribution in [1.82, 2.24) is 4.90 Å². The number of fused-ring (bicyclic) bond motifs is 1. The summed E-state index contributed by atoms with van der Waals surface area (Å²) >= 11 is 0. The van der Waals surface area contributed by atoms with Gasteiger partial charge >= 0.3 is 0 Å². The largest absolute Gasteiger partial charge is 0.454 e. The molecule has 2 aliphatic heterocycles. The third kappa shape index (κ3) is 5.65. The molecule has 0 aromatic heterocycles. The highest BCUT2D eigenvalue weighted by atomic mass is 16.7. The number of anilines is 2. The number of amides is 1. The SMILES string of the molecule is CCCNc1ccc(C2CC(c3ccc4c(c3)OCO4)CN2CC(=O)Nc2c(CC)cccc2CC)cc1. The van der Waals surface area contributed by atoms with Crippen LogP contribution in [-0.4, -0.2) is 37.2 Å². The van der Waals surface area contributed by atoms with Crippen molar-refractivity contribution in [3.8, 4) is 11.5 Å². The van der Waals surface area contributed by atoms with E-state index in [1.807, 2.05) is 6.07 Å². The molecule has 2 heterocycles. The minimum Gasteiger partial charge on any atom is -0.454 e. The molecule has 2 aliphatic rings. The second-order valence-corrected chi connectivity index (χ2v) is 10.2. The summed E-state index contributed by atoms with van der Waals surface area (Å²) in [4.78, 5) is 15.8. The van der Waals surface area contributed by atoms with Crippen LogP contribution in [0, 0.1) is 0 Å². The monoisotopic (exact) mass is 513 g/mol. The zero-order valence-corrected chi connectivity index (χ0v) is 22.8. The van der Waals surface area contributed by atoms with E-state index in [0.717, 1.165) is 61.6 Å². The van der Waals surface area contributed by atoms with Gasteiger partial charge in [0, 0.05) is 30.5 Å². The van der Waals surface area contributed by atoms with Gasteiger partial charge in [-0.1, -0.05) is 57.2 Å². The lowest BCUT2D eigenvalue weighted by molar-refractivity contribution is -0.117. The summed E-state index contributed by atoms with van der Waals surface area (Å²) in [5.74, 6) is 1.95. The normalized spacial score (nSPS) is 18.5. The molecule has 0 spiro atoms. The highest BCUT2D eigenvalue weighted by molar-refractivity contribution is 5.94. The molecule has 5 rings (SSSR count). The van der Waals surface area contributed by atoms with Crippen LogP contribution in [-0.2, 0) is 17.6 Å². The van der Waals surface area contributed by atoms with Crippen LogP contribution in [0.5, 0.6) is 11.5 Å². The number of benzene rings is 3. The molecule has 1 saturated heterocycles. The molecule has 38 heavy (non-hydrogen) atoms. The van der Waals surface area contributed by atoms with Gasteiger partial charge in [-0.25, -0.2) is 0 Å². The molecule has 2 N–H and O–H groups in total. The maximum atomic E-state index is 13.5. The molecule has 0 aliphatic carbocycles. The van der Waals surface area contributed by atoms with Crippen molar-refractivity contribution >= 4 is 17.3 Å². The smallest absolute Gasteiger partial charge is 0.238 e. The highest BCUT2D eigenvalue weighted by Crippen LogP contribution is 2.43. The van der Waals surface area contributed by atoms with E-state index >= 15 is 0 Å². The van der Waals surface area contributed by atoms with Crippen molar-refractivity contribution < 1.29 is 14.3 Å². The van der Waals surface area contributed by atoms with Crippen molar-refractivity contribution in [2.75, 3.05) is 37.1 Å². The molecule has 2 atom stereocenters. The van der Waals surface area contributed by atoms with Gasteiger partial charge in [0.25, 0.3) is 0 Å². The molecule has 2 unspecified atom stereocenters. The first-order chi connectivity index (χ1) is 18.6. The molecule has 6 heteroatoms. The molecule has 0 radical (unpaired) electrons. The zero-order chi connectivity index (χ0) is 26.5. The number of rotatable bonds is 10. The maximum Gasteiger partial charge on any atom is 0.238 e. The van der Waals surface area contributed by atoms with E-state index in [-0.39, 0.29) is 18.7 Å². The Morgan fingerprint density at radius 3 is 2.34 bits per heavy atom. The lowest BCUT2D eigenvalue weighted by Crippen LogP contribution is -2.33. The van der Waals surface area contributed by atoms with Crippen LogP contribution in [0.1, 0.15) is 67.8 Å². The molecule has 3 aromatic carbocycles. The van der Waals surface area contributed by atoms with Gasteiger partial charge in [-0.15, -0.1) is 0 Å². The first kappa shape index (κ1) is 26.1. The molecule has 6 nitrogen and oxygen atoms in total. The van der Waals surface area contributed by atoms with Crippen molar-refractivity contribution in [2.24, 2.45) is 0 Å². The van der Waals surface area contributed by atoms with Gasteiger partial charge in [0.05, 0.1) is 6.54 Å². The molecule has 0 saturated carbocycles. The Morgan fingerprint density at radius 2 is 1.63 bits per heavy atom. The van der Waals surface area contributed by atoms with Crippen LogP contribution in [0.2, 0.25) is 0 Å². The fraction of sp³-hybridized carbons (Fsp3) is 0.406. The summed E-state index contributed by atoms with van der Waals surface area (Å²) in [7, 11) is 0. The van der Waals surface area contributed by atoms with Crippen LogP contribution >= 0.6 is 0 Å². The quantitative estimate of drug-likeness (QED) is 0.323. The number of para-hydroxylation sites is 1. The summed E-state index contributed by atoms with van der Waals surface area (Å²) in [6.45, 7) is 8.83. The van der Waals surface area contributed by atoms with Crippen molar-refractivity contribution in [2.45, 2.75) is 58.4 Å². The Kier molecular flexibility index (Phi) is 8.18. The standard InChI is InChI=1S/C32H39N3O3/c1-4-16-33-27-13-10-24(11-14-27)28-17-26(25-12-15-29-30(18-25)38-21-37-29)19-35(28)20-31(36)34-32-22(5-2)8-7-9-23(32)6-3/h7-15,18,26,28,33H,4-6,16-17,19-21H2,1-3H3,(H,34,36). The Bertz CT molecular complexity index is 1240. The second-order valence-electron chi connectivity index (χ2n) is 10.2. The first-order valence-corrected chi connectivity index (χ1v) is 14.0. The average molecular weight is 514 g/mol. The Morgan fingerprint density at radius 1 is 0.921 bits per heavy atom. The van der Waals surface area contributed by atoms with E-state index in [4.69, 9.17) is 9.47 Å². The topological polar surface area (TPSA) is 62.8 Å². The number of carbonyl (C=O) groups is 1. The Balaban J connectivity index is 1.37. The van der Waals surface area contributed by atoms with Gasteiger partial charge < -0.3 is 20.1 Å². The predicted octanol–water partition coefficient (Wildman–Crippen LogP) is 6.53. The number of carbonyl (C=O) groups excluding carboxylic acids is 1. The lowest BCUT2D eigenvalue weighted by atomic mass is 9.93. The van der Waals surface area contributed by atoms with E-state index in [0.29, 0.717) is 12.5 Å². The van der Waals surface area contributed by atoms with E-state index in [1.54, 1.807) is 0 Å².